The quantitative estimate of drug-likeness (QED) is 0.849. The molecule has 0 radical (unpaired) electrons. The lowest BCUT2D eigenvalue weighted by molar-refractivity contribution is -0.124. The number of aromatic nitrogens is 1. The van der Waals surface area contributed by atoms with Crippen molar-refractivity contribution in [2.24, 2.45) is 5.92 Å². The van der Waals surface area contributed by atoms with E-state index in [2.05, 4.69) is 22.5 Å². The van der Waals surface area contributed by atoms with Crippen molar-refractivity contribution in [3.8, 4) is 0 Å². The zero-order chi connectivity index (χ0) is 13.0. The summed E-state index contributed by atoms with van der Waals surface area (Å²) in [4.78, 5) is 16.3. The van der Waals surface area contributed by atoms with Crippen LogP contribution in [0.3, 0.4) is 0 Å². The molecule has 98 valence electrons. The molecule has 4 heteroatoms. The lowest BCUT2D eigenvalue weighted by Gasteiger charge is -2.27. The molecule has 0 aromatic carbocycles. The van der Waals surface area contributed by atoms with Crippen LogP contribution < -0.4 is 10.6 Å². The normalized spacial score (nSPS) is 23.7. The summed E-state index contributed by atoms with van der Waals surface area (Å²) in [5.41, 5.74) is 2.05. The number of pyridine rings is 1. The molecule has 1 aromatic rings. The van der Waals surface area contributed by atoms with Crippen molar-refractivity contribution in [1.29, 1.82) is 0 Å². The first kappa shape index (κ1) is 13.0. The molecule has 1 fully saturated rings. The molecular formula is C14H21N3O. The van der Waals surface area contributed by atoms with Crippen LogP contribution in [0.2, 0.25) is 0 Å². The largest absolute Gasteiger partial charge is 0.349 e. The van der Waals surface area contributed by atoms with E-state index in [9.17, 15) is 4.79 Å². The van der Waals surface area contributed by atoms with E-state index in [-0.39, 0.29) is 11.9 Å². The molecule has 1 amide bonds. The maximum Gasteiger partial charge on any atom is 0.237 e. The summed E-state index contributed by atoms with van der Waals surface area (Å²) >= 11 is 0. The van der Waals surface area contributed by atoms with Crippen LogP contribution in [0.25, 0.3) is 0 Å². The van der Waals surface area contributed by atoms with Gasteiger partial charge in [0.15, 0.2) is 0 Å². The smallest absolute Gasteiger partial charge is 0.237 e. The van der Waals surface area contributed by atoms with Crippen molar-refractivity contribution in [2.45, 2.75) is 39.3 Å². The second-order valence-corrected chi connectivity index (χ2v) is 5.12. The van der Waals surface area contributed by atoms with Gasteiger partial charge < -0.3 is 10.6 Å². The Morgan fingerprint density at radius 2 is 2.44 bits per heavy atom. The summed E-state index contributed by atoms with van der Waals surface area (Å²) in [6.07, 6.45) is 3.84. The Kier molecular flexibility index (Phi) is 4.31. The first-order valence-electron chi connectivity index (χ1n) is 6.58. The first-order valence-corrected chi connectivity index (χ1v) is 6.58. The Balaban J connectivity index is 1.86. The van der Waals surface area contributed by atoms with Crippen LogP contribution in [-0.2, 0) is 11.3 Å². The standard InChI is InChI=1S/C14H21N3O/c1-10-5-7-16-12(8-10)14(18)17-9-13-11(2)4-3-6-15-13/h3-4,6,10,12,16H,5,7-9H2,1-2H3,(H,17,18). The van der Waals surface area contributed by atoms with Crippen molar-refractivity contribution < 1.29 is 4.79 Å². The van der Waals surface area contributed by atoms with E-state index in [0.717, 1.165) is 30.6 Å². The SMILES string of the molecule is Cc1cccnc1CNC(=O)C1CC(C)CCN1. The van der Waals surface area contributed by atoms with Gasteiger partial charge in [-0.1, -0.05) is 13.0 Å². The Labute approximate surface area is 108 Å². The number of amides is 1. The number of hydrogen-bond donors (Lipinski definition) is 2. The van der Waals surface area contributed by atoms with E-state index in [1.807, 2.05) is 19.1 Å². The van der Waals surface area contributed by atoms with Crippen LogP contribution in [0.1, 0.15) is 31.0 Å². The summed E-state index contributed by atoms with van der Waals surface area (Å²) in [5, 5.41) is 6.23. The van der Waals surface area contributed by atoms with E-state index >= 15 is 0 Å². The molecule has 1 saturated heterocycles. The highest BCUT2D eigenvalue weighted by Gasteiger charge is 2.24. The number of carbonyl (C=O) groups is 1. The molecule has 2 atom stereocenters. The van der Waals surface area contributed by atoms with Crippen molar-refractivity contribution >= 4 is 5.91 Å². The second-order valence-electron chi connectivity index (χ2n) is 5.12. The van der Waals surface area contributed by atoms with Gasteiger partial charge in [-0.2, -0.15) is 0 Å². The van der Waals surface area contributed by atoms with Gasteiger partial charge >= 0.3 is 0 Å². The molecule has 2 unspecified atom stereocenters. The topological polar surface area (TPSA) is 54.0 Å². The van der Waals surface area contributed by atoms with E-state index in [0.29, 0.717) is 12.5 Å². The van der Waals surface area contributed by atoms with E-state index in [1.54, 1.807) is 6.20 Å². The van der Waals surface area contributed by atoms with E-state index in [1.165, 1.54) is 0 Å². The summed E-state index contributed by atoms with van der Waals surface area (Å²) in [6.45, 7) is 5.65. The van der Waals surface area contributed by atoms with Gasteiger partial charge in [-0.3, -0.25) is 9.78 Å². The highest BCUT2D eigenvalue weighted by Crippen LogP contribution is 2.15. The van der Waals surface area contributed by atoms with Gasteiger partial charge in [0.1, 0.15) is 0 Å². The number of nitrogens with one attached hydrogen (secondary N) is 2. The molecule has 18 heavy (non-hydrogen) atoms. The van der Waals surface area contributed by atoms with Crippen LogP contribution in [0.4, 0.5) is 0 Å². The van der Waals surface area contributed by atoms with Crippen molar-refractivity contribution in [1.82, 2.24) is 15.6 Å². The highest BCUT2D eigenvalue weighted by atomic mass is 16.2. The number of hydrogen-bond acceptors (Lipinski definition) is 3. The number of rotatable bonds is 3. The number of piperidine rings is 1. The van der Waals surface area contributed by atoms with Gasteiger partial charge in [0.25, 0.3) is 0 Å². The van der Waals surface area contributed by atoms with Crippen LogP contribution >= 0.6 is 0 Å². The predicted octanol–water partition coefficient (Wildman–Crippen LogP) is 1.39. The molecule has 1 aromatic heterocycles. The summed E-state index contributed by atoms with van der Waals surface area (Å²) in [7, 11) is 0. The minimum absolute atomic E-state index is 0.0437. The lowest BCUT2D eigenvalue weighted by Crippen LogP contribution is -2.48. The van der Waals surface area contributed by atoms with Crippen molar-refractivity contribution in [3.63, 3.8) is 0 Å². The fourth-order valence-electron chi connectivity index (χ4n) is 2.30. The van der Waals surface area contributed by atoms with Crippen LogP contribution in [0, 0.1) is 12.8 Å². The van der Waals surface area contributed by atoms with E-state index < -0.39 is 0 Å². The molecular weight excluding hydrogens is 226 g/mol. The lowest BCUT2D eigenvalue weighted by atomic mass is 9.94. The van der Waals surface area contributed by atoms with Gasteiger partial charge in [0.05, 0.1) is 18.3 Å². The van der Waals surface area contributed by atoms with Gasteiger partial charge in [-0.15, -0.1) is 0 Å². The Bertz CT molecular complexity index is 419. The zero-order valence-electron chi connectivity index (χ0n) is 11.1. The fraction of sp³-hybridized carbons (Fsp3) is 0.571. The van der Waals surface area contributed by atoms with Gasteiger partial charge in [-0.25, -0.2) is 0 Å². The van der Waals surface area contributed by atoms with E-state index in [4.69, 9.17) is 0 Å². The Hall–Kier alpha value is -1.42. The minimum atomic E-state index is -0.0437. The molecule has 1 aliphatic rings. The van der Waals surface area contributed by atoms with Crippen LogP contribution in [0.15, 0.2) is 18.3 Å². The van der Waals surface area contributed by atoms with Gasteiger partial charge in [0, 0.05) is 6.20 Å². The molecule has 0 saturated carbocycles. The van der Waals surface area contributed by atoms with Gasteiger partial charge in [0.2, 0.25) is 5.91 Å². The molecule has 0 spiro atoms. The third-order valence-corrected chi connectivity index (χ3v) is 3.53. The average Bonchev–Trinajstić information content (AvgIpc) is 2.37. The third kappa shape index (κ3) is 3.29. The van der Waals surface area contributed by atoms with Crippen LogP contribution in [0.5, 0.6) is 0 Å². The maximum absolute atomic E-state index is 12.0. The summed E-state index contributed by atoms with van der Waals surface area (Å²) in [6, 6.07) is 3.87. The summed E-state index contributed by atoms with van der Waals surface area (Å²) < 4.78 is 0. The average molecular weight is 247 g/mol. The molecule has 2 rings (SSSR count). The third-order valence-electron chi connectivity index (χ3n) is 3.53. The molecule has 4 nitrogen and oxygen atoms in total. The van der Waals surface area contributed by atoms with Gasteiger partial charge in [-0.05, 0) is 43.9 Å². The molecule has 2 heterocycles. The summed E-state index contributed by atoms with van der Waals surface area (Å²) in [5.74, 6) is 0.713. The molecule has 0 aliphatic carbocycles. The van der Waals surface area contributed by atoms with Crippen LogP contribution in [-0.4, -0.2) is 23.5 Å². The Morgan fingerprint density at radius 1 is 1.61 bits per heavy atom. The predicted molar refractivity (Wildman–Crippen MR) is 71.0 cm³/mol. The second kappa shape index (κ2) is 5.96. The monoisotopic (exact) mass is 247 g/mol. The fourth-order valence-corrected chi connectivity index (χ4v) is 2.30. The Morgan fingerprint density at radius 3 is 3.17 bits per heavy atom. The minimum Gasteiger partial charge on any atom is -0.349 e. The molecule has 0 bridgehead atoms. The number of carbonyl (C=O) groups excluding carboxylic acids is 1. The van der Waals surface area contributed by atoms with Crippen molar-refractivity contribution in [3.05, 3.63) is 29.6 Å². The zero-order valence-corrected chi connectivity index (χ0v) is 11.1. The number of nitrogens with zero attached hydrogens (tertiary/aromatic N) is 1. The van der Waals surface area contributed by atoms with Crippen molar-refractivity contribution in [2.75, 3.05) is 6.54 Å². The molecule has 2 N–H and O–H groups in total. The first-order chi connectivity index (χ1) is 8.66. The molecule has 1 aliphatic heterocycles. The number of aryl methyl sites for hydroxylation is 1. The maximum atomic E-state index is 12.0. The highest BCUT2D eigenvalue weighted by molar-refractivity contribution is 5.81.